The SMILES string of the molecule is COc1ccc(CCCCS(=O)[O-])cc1. The first kappa shape index (κ1) is 12.2. The number of rotatable bonds is 6. The van der Waals surface area contributed by atoms with Crippen LogP contribution in [0.5, 0.6) is 5.75 Å². The van der Waals surface area contributed by atoms with Crippen molar-refractivity contribution in [3.8, 4) is 5.75 Å². The van der Waals surface area contributed by atoms with Crippen LogP contribution in [0.3, 0.4) is 0 Å². The van der Waals surface area contributed by atoms with Crippen molar-refractivity contribution >= 4 is 11.1 Å². The lowest BCUT2D eigenvalue weighted by Gasteiger charge is -2.05. The number of ether oxygens (including phenoxy) is 1. The molecule has 0 bridgehead atoms. The van der Waals surface area contributed by atoms with Crippen LogP contribution in [-0.4, -0.2) is 21.6 Å². The number of benzene rings is 1. The topological polar surface area (TPSA) is 49.4 Å². The van der Waals surface area contributed by atoms with Crippen LogP contribution in [0.1, 0.15) is 18.4 Å². The predicted molar refractivity (Wildman–Crippen MR) is 59.7 cm³/mol. The van der Waals surface area contributed by atoms with E-state index in [4.69, 9.17) is 4.74 Å². The molecule has 0 amide bonds. The second kappa shape index (κ2) is 6.58. The molecule has 0 aromatic heterocycles. The van der Waals surface area contributed by atoms with E-state index in [9.17, 15) is 8.76 Å². The molecular formula is C11H15O3S-. The summed E-state index contributed by atoms with van der Waals surface area (Å²) in [6.07, 6.45) is 2.55. The van der Waals surface area contributed by atoms with Gasteiger partial charge in [-0.15, -0.1) is 0 Å². The number of unbranched alkanes of at least 4 members (excludes halogenated alkanes) is 1. The van der Waals surface area contributed by atoms with E-state index in [1.807, 2.05) is 24.3 Å². The molecule has 15 heavy (non-hydrogen) atoms. The molecule has 0 aliphatic heterocycles. The van der Waals surface area contributed by atoms with E-state index in [0.29, 0.717) is 0 Å². The van der Waals surface area contributed by atoms with Crippen LogP contribution < -0.4 is 4.74 Å². The Morgan fingerprint density at radius 2 is 1.93 bits per heavy atom. The van der Waals surface area contributed by atoms with E-state index in [1.54, 1.807) is 7.11 Å². The van der Waals surface area contributed by atoms with Crippen molar-refractivity contribution in [2.45, 2.75) is 19.3 Å². The molecular weight excluding hydrogens is 212 g/mol. The zero-order valence-electron chi connectivity index (χ0n) is 8.77. The summed E-state index contributed by atoms with van der Waals surface area (Å²) in [5, 5.41) is 0. The third kappa shape index (κ3) is 4.95. The highest BCUT2D eigenvalue weighted by Crippen LogP contribution is 2.13. The summed E-state index contributed by atoms with van der Waals surface area (Å²) in [7, 11) is 1.64. The Morgan fingerprint density at radius 1 is 1.27 bits per heavy atom. The third-order valence-electron chi connectivity index (χ3n) is 2.19. The summed E-state index contributed by atoms with van der Waals surface area (Å²) >= 11 is -1.90. The van der Waals surface area contributed by atoms with Crippen molar-refractivity contribution < 1.29 is 13.5 Å². The second-order valence-corrected chi connectivity index (χ2v) is 4.33. The quantitative estimate of drug-likeness (QED) is 0.551. The molecule has 3 nitrogen and oxygen atoms in total. The van der Waals surface area contributed by atoms with Crippen LogP contribution >= 0.6 is 0 Å². The average molecular weight is 227 g/mol. The van der Waals surface area contributed by atoms with E-state index in [-0.39, 0.29) is 5.75 Å². The van der Waals surface area contributed by atoms with Gasteiger partial charge in [0, 0.05) is 5.75 Å². The first-order chi connectivity index (χ1) is 7.22. The minimum atomic E-state index is -1.90. The van der Waals surface area contributed by atoms with Gasteiger partial charge >= 0.3 is 0 Å². The van der Waals surface area contributed by atoms with Crippen LogP contribution in [0, 0.1) is 0 Å². The highest BCUT2D eigenvalue weighted by Gasteiger charge is 1.95. The predicted octanol–water partition coefficient (Wildman–Crippen LogP) is 1.90. The number of aryl methyl sites for hydroxylation is 1. The minimum absolute atomic E-state index is 0.260. The highest BCUT2D eigenvalue weighted by molar-refractivity contribution is 7.79. The third-order valence-corrected chi connectivity index (χ3v) is 2.81. The van der Waals surface area contributed by atoms with Crippen LogP contribution in [-0.2, 0) is 17.5 Å². The van der Waals surface area contributed by atoms with E-state index in [0.717, 1.165) is 25.0 Å². The second-order valence-electron chi connectivity index (χ2n) is 3.31. The summed E-state index contributed by atoms with van der Waals surface area (Å²) in [6, 6.07) is 7.85. The molecule has 0 N–H and O–H groups in total. The van der Waals surface area contributed by atoms with Gasteiger partial charge in [0.25, 0.3) is 0 Å². The standard InChI is InChI=1S/C11H16O3S/c1-14-11-7-5-10(6-8-11)4-2-3-9-15(12)13/h5-8H,2-4,9H2,1H3,(H,12,13)/p-1. The molecule has 0 saturated carbocycles. The lowest BCUT2D eigenvalue weighted by Crippen LogP contribution is -1.96. The first-order valence-corrected chi connectivity index (χ1v) is 6.15. The Hall–Kier alpha value is -0.870. The summed E-state index contributed by atoms with van der Waals surface area (Å²) < 4.78 is 25.6. The normalized spacial score (nSPS) is 12.4. The van der Waals surface area contributed by atoms with Crippen molar-refractivity contribution in [3.05, 3.63) is 29.8 Å². The molecule has 0 fully saturated rings. The Kier molecular flexibility index (Phi) is 5.36. The summed E-state index contributed by atoms with van der Waals surface area (Å²) in [5.41, 5.74) is 1.22. The van der Waals surface area contributed by atoms with Crippen molar-refractivity contribution in [2.75, 3.05) is 12.9 Å². The van der Waals surface area contributed by atoms with Crippen LogP contribution in [0.25, 0.3) is 0 Å². The van der Waals surface area contributed by atoms with E-state index in [2.05, 4.69) is 0 Å². The first-order valence-electron chi connectivity index (χ1n) is 4.91. The molecule has 0 heterocycles. The molecule has 1 atom stereocenters. The lowest BCUT2D eigenvalue weighted by atomic mass is 10.1. The molecule has 1 rings (SSSR count). The smallest absolute Gasteiger partial charge is 0.118 e. The van der Waals surface area contributed by atoms with Gasteiger partial charge in [0.15, 0.2) is 0 Å². The maximum Gasteiger partial charge on any atom is 0.118 e. The molecule has 0 aliphatic rings. The van der Waals surface area contributed by atoms with Gasteiger partial charge in [-0.3, -0.25) is 4.21 Å². The van der Waals surface area contributed by atoms with Crippen molar-refractivity contribution in [1.82, 2.24) is 0 Å². The fourth-order valence-electron chi connectivity index (χ4n) is 1.34. The fourth-order valence-corrected chi connectivity index (χ4v) is 1.78. The van der Waals surface area contributed by atoms with Gasteiger partial charge in [0.1, 0.15) is 5.75 Å². The van der Waals surface area contributed by atoms with E-state index >= 15 is 0 Å². The van der Waals surface area contributed by atoms with Crippen molar-refractivity contribution in [1.29, 1.82) is 0 Å². The average Bonchev–Trinajstić information content (AvgIpc) is 2.25. The van der Waals surface area contributed by atoms with Gasteiger partial charge in [-0.05, 0) is 37.0 Å². The van der Waals surface area contributed by atoms with Crippen molar-refractivity contribution in [2.24, 2.45) is 0 Å². The van der Waals surface area contributed by atoms with Gasteiger partial charge in [-0.1, -0.05) is 23.2 Å². The molecule has 84 valence electrons. The van der Waals surface area contributed by atoms with Gasteiger partial charge in [0.2, 0.25) is 0 Å². The Balaban J connectivity index is 2.28. The highest BCUT2D eigenvalue weighted by atomic mass is 32.2. The van der Waals surface area contributed by atoms with Crippen LogP contribution in [0.2, 0.25) is 0 Å². The molecule has 1 aromatic carbocycles. The zero-order valence-corrected chi connectivity index (χ0v) is 9.59. The summed E-state index contributed by atoms with van der Waals surface area (Å²) in [4.78, 5) is 0. The van der Waals surface area contributed by atoms with Gasteiger partial charge in [-0.2, -0.15) is 0 Å². The molecule has 0 aliphatic carbocycles. The van der Waals surface area contributed by atoms with Gasteiger partial charge < -0.3 is 9.29 Å². The molecule has 0 radical (unpaired) electrons. The van der Waals surface area contributed by atoms with Crippen LogP contribution in [0.4, 0.5) is 0 Å². The molecule has 1 aromatic rings. The lowest BCUT2D eigenvalue weighted by molar-refractivity contribution is 0.414. The number of methoxy groups -OCH3 is 1. The van der Waals surface area contributed by atoms with Crippen LogP contribution in [0.15, 0.2) is 24.3 Å². The monoisotopic (exact) mass is 227 g/mol. The van der Waals surface area contributed by atoms with E-state index < -0.39 is 11.1 Å². The van der Waals surface area contributed by atoms with Crippen molar-refractivity contribution in [3.63, 3.8) is 0 Å². The zero-order chi connectivity index (χ0) is 11.1. The Bertz CT molecular complexity index is 308. The maximum absolute atomic E-state index is 10.3. The van der Waals surface area contributed by atoms with E-state index in [1.165, 1.54) is 5.56 Å². The molecule has 0 saturated heterocycles. The molecule has 1 unspecified atom stereocenters. The summed E-state index contributed by atoms with van der Waals surface area (Å²) in [6.45, 7) is 0. The molecule has 0 spiro atoms. The summed E-state index contributed by atoms with van der Waals surface area (Å²) in [5.74, 6) is 1.11. The number of hydrogen-bond donors (Lipinski definition) is 0. The van der Waals surface area contributed by atoms with Gasteiger partial charge in [0.05, 0.1) is 7.11 Å². The van der Waals surface area contributed by atoms with Gasteiger partial charge in [-0.25, -0.2) is 0 Å². The Labute approximate surface area is 92.7 Å². The molecule has 4 heteroatoms. The Morgan fingerprint density at radius 3 is 2.47 bits per heavy atom. The number of hydrogen-bond acceptors (Lipinski definition) is 3. The maximum atomic E-state index is 10.3. The fraction of sp³-hybridized carbons (Fsp3) is 0.455. The largest absolute Gasteiger partial charge is 0.772 e. The minimum Gasteiger partial charge on any atom is -0.772 e.